The van der Waals surface area contributed by atoms with Crippen LogP contribution in [0, 0.1) is 5.82 Å². The van der Waals surface area contributed by atoms with E-state index in [1.807, 2.05) is 0 Å². The van der Waals surface area contributed by atoms with Gasteiger partial charge in [-0.15, -0.1) is 0 Å². The van der Waals surface area contributed by atoms with Gasteiger partial charge in [0.05, 0.1) is 17.4 Å². The van der Waals surface area contributed by atoms with Crippen molar-refractivity contribution in [1.29, 1.82) is 0 Å². The van der Waals surface area contributed by atoms with Crippen molar-refractivity contribution in [2.24, 2.45) is 0 Å². The second-order valence-electron chi connectivity index (χ2n) is 5.90. The van der Waals surface area contributed by atoms with Crippen molar-refractivity contribution in [1.82, 2.24) is 14.8 Å². The van der Waals surface area contributed by atoms with E-state index in [1.54, 1.807) is 34.2 Å². The van der Waals surface area contributed by atoms with Crippen molar-refractivity contribution in [3.05, 3.63) is 54.1 Å². The molecule has 0 aliphatic carbocycles. The van der Waals surface area contributed by atoms with E-state index in [2.05, 4.69) is 10.3 Å². The highest BCUT2D eigenvalue weighted by atomic mass is 19.1. The van der Waals surface area contributed by atoms with Gasteiger partial charge in [0.15, 0.2) is 0 Å². The first kappa shape index (κ1) is 16.9. The van der Waals surface area contributed by atoms with E-state index >= 15 is 0 Å². The maximum atomic E-state index is 13.3. The summed E-state index contributed by atoms with van der Waals surface area (Å²) in [4.78, 5) is 31.5. The van der Waals surface area contributed by atoms with Crippen molar-refractivity contribution in [2.45, 2.75) is 6.92 Å². The fourth-order valence-corrected chi connectivity index (χ4v) is 2.77. The Morgan fingerprint density at radius 3 is 2.44 bits per heavy atom. The molecule has 1 aromatic heterocycles. The van der Waals surface area contributed by atoms with Crippen LogP contribution < -0.4 is 5.32 Å². The number of nitrogens with zero attached hydrogens (tertiary/aromatic N) is 3. The first-order valence-corrected chi connectivity index (χ1v) is 8.05. The van der Waals surface area contributed by atoms with Crippen LogP contribution in [0.1, 0.15) is 17.3 Å². The Balaban J connectivity index is 1.69. The number of piperazine rings is 1. The summed E-state index contributed by atoms with van der Waals surface area (Å²) in [5.41, 5.74) is 1.65. The van der Waals surface area contributed by atoms with Crippen LogP contribution in [-0.2, 0) is 4.79 Å². The molecule has 3 rings (SSSR count). The third-order valence-electron chi connectivity index (χ3n) is 4.11. The largest absolute Gasteiger partial charge is 0.354 e. The molecule has 2 amide bonds. The number of halogens is 1. The molecule has 7 heteroatoms. The summed E-state index contributed by atoms with van der Waals surface area (Å²) in [5, 5.41) is 3.04. The van der Waals surface area contributed by atoms with Crippen molar-refractivity contribution in [3.63, 3.8) is 0 Å². The molecule has 2 aromatic rings. The molecule has 1 aliphatic rings. The van der Waals surface area contributed by atoms with Crippen LogP contribution in [0.2, 0.25) is 0 Å². The summed E-state index contributed by atoms with van der Waals surface area (Å²) in [6, 6.07) is 7.77. The lowest BCUT2D eigenvalue weighted by molar-refractivity contribution is -0.130. The van der Waals surface area contributed by atoms with Crippen LogP contribution in [0.25, 0.3) is 0 Å². The number of benzene rings is 1. The van der Waals surface area contributed by atoms with Crippen molar-refractivity contribution in [2.75, 3.05) is 31.5 Å². The molecular formula is C18H19FN4O2. The summed E-state index contributed by atoms with van der Waals surface area (Å²) in [6.45, 7) is 3.61. The molecule has 1 aliphatic heterocycles. The first-order valence-electron chi connectivity index (χ1n) is 8.05. The highest BCUT2D eigenvalue weighted by Crippen LogP contribution is 2.18. The zero-order valence-electron chi connectivity index (χ0n) is 13.9. The maximum Gasteiger partial charge on any atom is 0.255 e. The fraction of sp³-hybridized carbons (Fsp3) is 0.278. The Labute approximate surface area is 145 Å². The zero-order chi connectivity index (χ0) is 17.8. The first-order chi connectivity index (χ1) is 12.0. The van der Waals surface area contributed by atoms with Gasteiger partial charge in [0, 0.05) is 45.0 Å². The number of carbonyl (C=O) groups excluding carboxylic acids is 2. The van der Waals surface area contributed by atoms with Gasteiger partial charge in [-0.3, -0.25) is 14.6 Å². The standard InChI is InChI=1S/C18H19FN4O2/c1-13(24)22-5-7-23(8-6-22)18(25)14-9-17(12-20-11-14)21-16-4-2-3-15(19)10-16/h2-4,9-12,21H,5-8H2,1H3. The molecule has 25 heavy (non-hydrogen) atoms. The monoisotopic (exact) mass is 342 g/mol. The van der Waals surface area contributed by atoms with Gasteiger partial charge in [0.2, 0.25) is 5.91 Å². The van der Waals surface area contributed by atoms with Crippen molar-refractivity contribution < 1.29 is 14.0 Å². The van der Waals surface area contributed by atoms with Crippen LogP contribution >= 0.6 is 0 Å². The number of amides is 2. The van der Waals surface area contributed by atoms with Gasteiger partial charge >= 0.3 is 0 Å². The third-order valence-corrected chi connectivity index (χ3v) is 4.11. The van der Waals surface area contributed by atoms with Gasteiger partial charge in [-0.25, -0.2) is 4.39 Å². The van der Waals surface area contributed by atoms with Gasteiger partial charge < -0.3 is 15.1 Å². The molecule has 1 fully saturated rings. The SMILES string of the molecule is CC(=O)N1CCN(C(=O)c2cncc(Nc3cccc(F)c3)c2)CC1. The quantitative estimate of drug-likeness (QED) is 0.929. The van der Waals surface area contributed by atoms with Gasteiger partial charge in [-0.2, -0.15) is 0 Å². The normalized spacial score (nSPS) is 14.3. The minimum Gasteiger partial charge on any atom is -0.354 e. The number of aromatic nitrogens is 1. The molecule has 6 nitrogen and oxygen atoms in total. The molecule has 0 unspecified atom stereocenters. The third kappa shape index (κ3) is 4.12. The lowest BCUT2D eigenvalue weighted by Gasteiger charge is -2.34. The van der Waals surface area contributed by atoms with Crippen LogP contribution in [0.4, 0.5) is 15.8 Å². The summed E-state index contributed by atoms with van der Waals surface area (Å²) in [7, 11) is 0. The molecule has 0 spiro atoms. The van der Waals surface area contributed by atoms with Gasteiger partial charge in [-0.05, 0) is 24.3 Å². The van der Waals surface area contributed by atoms with Crippen LogP contribution in [0.15, 0.2) is 42.7 Å². The highest BCUT2D eigenvalue weighted by Gasteiger charge is 2.23. The average molecular weight is 342 g/mol. The Kier molecular flexibility index (Phi) is 4.92. The van der Waals surface area contributed by atoms with E-state index in [9.17, 15) is 14.0 Å². The minimum atomic E-state index is -0.339. The fourth-order valence-electron chi connectivity index (χ4n) is 2.77. The molecule has 130 valence electrons. The Morgan fingerprint density at radius 1 is 1.04 bits per heavy atom. The topological polar surface area (TPSA) is 65.5 Å². The van der Waals surface area contributed by atoms with Gasteiger partial charge in [0.25, 0.3) is 5.91 Å². The molecule has 2 heterocycles. The smallest absolute Gasteiger partial charge is 0.255 e. The van der Waals surface area contributed by atoms with Crippen LogP contribution in [-0.4, -0.2) is 52.8 Å². The van der Waals surface area contributed by atoms with Gasteiger partial charge in [-0.1, -0.05) is 6.07 Å². The maximum absolute atomic E-state index is 13.3. The molecule has 0 saturated carbocycles. The Hall–Kier alpha value is -2.96. The number of hydrogen-bond acceptors (Lipinski definition) is 4. The number of nitrogens with one attached hydrogen (secondary N) is 1. The Morgan fingerprint density at radius 2 is 1.76 bits per heavy atom. The Bertz CT molecular complexity index is 788. The van der Waals surface area contributed by atoms with Crippen LogP contribution in [0.5, 0.6) is 0 Å². The number of hydrogen-bond donors (Lipinski definition) is 1. The molecule has 1 saturated heterocycles. The lowest BCUT2D eigenvalue weighted by Crippen LogP contribution is -2.50. The molecular weight excluding hydrogens is 323 g/mol. The second kappa shape index (κ2) is 7.29. The van der Waals surface area contributed by atoms with E-state index in [4.69, 9.17) is 0 Å². The number of pyridine rings is 1. The molecule has 0 atom stereocenters. The number of rotatable bonds is 3. The average Bonchev–Trinajstić information content (AvgIpc) is 2.61. The van der Waals surface area contributed by atoms with Crippen LogP contribution in [0.3, 0.4) is 0 Å². The van der Waals surface area contributed by atoms with E-state index < -0.39 is 0 Å². The molecule has 0 bridgehead atoms. The predicted octanol–water partition coefficient (Wildman–Crippen LogP) is 2.27. The molecule has 1 aromatic carbocycles. The van der Waals surface area contributed by atoms with E-state index in [-0.39, 0.29) is 17.6 Å². The summed E-state index contributed by atoms with van der Waals surface area (Å²) >= 11 is 0. The van der Waals surface area contributed by atoms with Gasteiger partial charge in [0.1, 0.15) is 5.82 Å². The van der Waals surface area contributed by atoms with E-state index in [0.717, 1.165) is 0 Å². The molecule has 1 N–H and O–H groups in total. The van der Waals surface area contributed by atoms with Crippen molar-refractivity contribution in [3.8, 4) is 0 Å². The number of anilines is 2. The van der Waals surface area contributed by atoms with E-state index in [1.165, 1.54) is 25.3 Å². The molecule has 0 radical (unpaired) electrons. The summed E-state index contributed by atoms with van der Waals surface area (Å²) in [6.07, 6.45) is 3.09. The van der Waals surface area contributed by atoms with E-state index in [0.29, 0.717) is 43.1 Å². The highest BCUT2D eigenvalue weighted by molar-refractivity contribution is 5.95. The second-order valence-corrected chi connectivity index (χ2v) is 5.90. The lowest BCUT2D eigenvalue weighted by atomic mass is 10.2. The minimum absolute atomic E-state index is 0.0232. The zero-order valence-corrected chi connectivity index (χ0v) is 13.9. The number of carbonyl (C=O) groups is 2. The van der Waals surface area contributed by atoms with Crippen molar-refractivity contribution >= 4 is 23.2 Å². The summed E-state index contributed by atoms with van der Waals surface area (Å²) < 4.78 is 13.3. The predicted molar refractivity (Wildman–Crippen MR) is 92.1 cm³/mol. The summed E-state index contributed by atoms with van der Waals surface area (Å²) in [5.74, 6) is -0.442.